The molecule has 0 aromatic heterocycles. The van der Waals surface area contributed by atoms with Crippen LogP contribution in [0.15, 0.2) is 53.6 Å². The molecule has 0 aliphatic rings. The summed E-state index contributed by atoms with van der Waals surface area (Å²) in [5.74, 6) is 0. The maximum absolute atomic E-state index is 6.09. The summed E-state index contributed by atoms with van der Waals surface area (Å²) < 4.78 is 0. The van der Waals surface area contributed by atoms with Gasteiger partial charge in [0.2, 0.25) is 0 Å². The Morgan fingerprint density at radius 1 is 1.00 bits per heavy atom. The Morgan fingerprint density at radius 2 is 1.62 bits per heavy atom. The Balaban J connectivity index is 2.14. The number of nitrogens with one attached hydrogen (secondary N) is 1. The van der Waals surface area contributed by atoms with Crippen LogP contribution in [-0.4, -0.2) is 5.71 Å². The van der Waals surface area contributed by atoms with Gasteiger partial charge >= 0.3 is 0 Å². The molecule has 0 radical (unpaired) electrons. The maximum Gasteiger partial charge on any atom is 0.0748 e. The highest BCUT2D eigenvalue weighted by Gasteiger charge is 2.13. The Labute approximate surface area is 131 Å². The number of rotatable bonds is 3. The minimum absolute atomic E-state index is 0.166. The first-order valence-corrected chi connectivity index (χ1v) is 7.41. The van der Waals surface area contributed by atoms with E-state index in [0.29, 0.717) is 5.02 Å². The van der Waals surface area contributed by atoms with Crippen molar-refractivity contribution < 1.29 is 0 Å². The lowest BCUT2D eigenvalue weighted by Gasteiger charge is -2.19. The van der Waals surface area contributed by atoms with E-state index in [1.54, 1.807) is 0 Å². The normalized spacial score (nSPS) is 12.3. The fourth-order valence-electron chi connectivity index (χ4n) is 1.97. The molecule has 0 heterocycles. The summed E-state index contributed by atoms with van der Waals surface area (Å²) >= 11 is 6.09. The summed E-state index contributed by atoms with van der Waals surface area (Å²) in [6, 6.07) is 16.1. The first kappa shape index (κ1) is 15.6. The van der Waals surface area contributed by atoms with E-state index in [0.717, 1.165) is 17.0 Å². The predicted octanol–water partition coefficient (Wildman–Crippen LogP) is 5.47. The molecule has 0 amide bonds. The topological polar surface area (TPSA) is 24.4 Å². The van der Waals surface area contributed by atoms with E-state index in [9.17, 15) is 0 Å². The van der Waals surface area contributed by atoms with Gasteiger partial charge in [0.1, 0.15) is 0 Å². The third-order valence-electron chi connectivity index (χ3n) is 3.39. The van der Waals surface area contributed by atoms with Gasteiger partial charge in [0.15, 0.2) is 0 Å². The van der Waals surface area contributed by atoms with Crippen LogP contribution in [0.5, 0.6) is 0 Å². The monoisotopic (exact) mass is 300 g/mol. The van der Waals surface area contributed by atoms with Crippen LogP contribution in [0.4, 0.5) is 5.69 Å². The number of hydrazone groups is 1. The zero-order valence-corrected chi connectivity index (χ0v) is 13.7. The van der Waals surface area contributed by atoms with Crippen molar-refractivity contribution in [2.24, 2.45) is 5.10 Å². The van der Waals surface area contributed by atoms with Gasteiger partial charge in [-0.05, 0) is 35.6 Å². The van der Waals surface area contributed by atoms with Crippen LogP contribution in [0.3, 0.4) is 0 Å². The largest absolute Gasteiger partial charge is 0.277 e. The number of halogens is 1. The lowest BCUT2D eigenvalue weighted by Crippen LogP contribution is -2.11. The molecule has 3 heteroatoms. The maximum atomic E-state index is 6.09. The Bertz CT molecular complexity index is 637. The molecule has 2 aromatic rings. The third-order valence-corrected chi connectivity index (χ3v) is 3.72. The molecular weight excluding hydrogens is 280 g/mol. The van der Waals surface area contributed by atoms with Gasteiger partial charge in [0, 0.05) is 0 Å². The number of anilines is 1. The van der Waals surface area contributed by atoms with E-state index in [-0.39, 0.29) is 5.41 Å². The van der Waals surface area contributed by atoms with E-state index >= 15 is 0 Å². The van der Waals surface area contributed by atoms with E-state index in [4.69, 9.17) is 11.6 Å². The van der Waals surface area contributed by atoms with Gasteiger partial charge in [-0.2, -0.15) is 5.10 Å². The molecule has 0 atom stereocenters. The van der Waals surface area contributed by atoms with Crippen molar-refractivity contribution in [3.05, 3.63) is 64.7 Å². The Hall–Kier alpha value is -1.80. The fourth-order valence-corrected chi connectivity index (χ4v) is 2.15. The third kappa shape index (κ3) is 4.08. The summed E-state index contributed by atoms with van der Waals surface area (Å²) in [4.78, 5) is 0. The molecule has 0 fully saturated rings. The van der Waals surface area contributed by atoms with E-state index in [1.807, 2.05) is 31.2 Å². The van der Waals surface area contributed by atoms with Gasteiger partial charge in [0.05, 0.1) is 16.4 Å². The summed E-state index contributed by atoms with van der Waals surface area (Å²) in [5.41, 5.74) is 7.33. The van der Waals surface area contributed by atoms with E-state index < -0.39 is 0 Å². The van der Waals surface area contributed by atoms with Crippen molar-refractivity contribution >= 4 is 23.0 Å². The lowest BCUT2D eigenvalue weighted by molar-refractivity contribution is 0.590. The van der Waals surface area contributed by atoms with Crippen molar-refractivity contribution in [2.45, 2.75) is 33.1 Å². The van der Waals surface area contributed by atoms with Crippen LogP contribution in [0, 0.1) is 0 Å². The van der Waals surface area contributed by atoms with Crippen LogP contribution < -0.4 is 5.43 Å². The molecule has 0 saturated carbocycles. The number of nitrogens with zero attached hydrogens (tertiary/aromatic N) is 1. The molecule has 0 spiro atoms. The molecule has 2 rings (SSSR count). The van der Waals surface area contributed by atoms with Crippen LogP contribution in [0.25, 0.3) is 0 Å². The molecule has 110 valence electrons. The van der Waals surface area contributed by atoms with Crippen LogP contribution in [0.1, 0.15) is 38.8 Å². The highest BCUT2D eigenvalue weighted by Crippen LogP contribution is 2.23. The van der Waals surface area contributed by atoms with Gasteiger partial charge in [-0.15, -0.1) is 0 Å². The second kappa shape index (κ2) is 6.31. The molecular formula is C18H21ClN2. The van der Waals surface area contributed by atoms with Crippen molar-refractivity contribution in [3.63, 3.8) is 0 Å². The average Bonchev–Trinajstić information content (AvgIpc) is 2.45. The van der Waals surface area contributed by atoms with Crippen LogP contribution >= 0.6 is 11.6 Å². The quantitative estimate of drug-likeness (QED) is 0.589. The van der Waals surface area contributed by atoms with Gasteiger partial charge in [-0.25, -0.2) is 0 Å². The SMILES string of the molecule is C/C(=N/Nc1ccccc1Cl)c1ccc(C(C)(C)C)cc1. The zero-order valence-electron chi connectivity index (χ0n) is 12.9. The minimum Gasteiger partial charge on any atom is -0.277 e. The molecule has 2 aromatic carbocycles. The Kier molecular flexibility index (Phi) is 4.69. The summed E-state index contributed by atoms with van der Waals surface area (Å²) in [6.45, 7) is 8.61. The molecule has 0 aliphatic heterocycles. The average molecular weight is 301 g/mol. The summed E-state index contributed by atoms with van der Waals surface area (Å²) in [5, 5.41) is 5.06. The smallest absolute Gasteiger partial charge is 0.0748 e. The van der Waals surface area contributed by atoms with Crippen molar-refractivity contribution in [1.29, 1.82) is 0 Å². The predicted molar refractivity (Wildman–Crippen MR) is 92.4 cm³/mol. The zero-order chi connectivity index (χ0) is 15.5. The highest BCUT2D eigenvalue weighted by molar-refractivity contribution is 6.33. The number of hydrogen-bond donors (Lipinski definition) is 1. The number of hydrogen-bond acceptors (Lipinski definition) is 2. The second-order valence-corrected chi connectivity index (χ2v) is 6.52. The molecule has 0 bridgehead atoms. The van der Waals surface area contributed by atoms with E-state index in [2.05, 4.69) is 55.6 Å². The molecule has 0 saturated heterocycles. The number of benzene rings is 2. The molecule has 0 unspecified atom stereocenters. The molecule has 2 nitrogen and oxygen atoms in total. The molecule has 0 aliphatic carbocycles. The van der Waals surface area contributed by atoms with E-state index in [1.165, 1.54) is 5.56 Å². The van der Waals surface area contributed by atoms with Gasteiger partial charge < -0.3 is 0 Å². The van der Waals surface area contributed by atoms with Crippen LogP contribution in [-0.2, 0) is 5.41 Å². The van der Waals surface area contributed by atoms with Crippen LogP contribution in [0.2, 0.25) is 5.02 Å². The standard InChI is InChI=1S/C18H21ClN2/c1-13(20-21-17-8-6-5-7-16(17)19)14-9-11-15(12-10-14)18(2,3)4/h5-12,21H,1-4H3/b20-13-. The van der Waals surface area contributed by atoms with Crippen molar-refractivity contribution in [2.75, 3.05) is 5.43 Å². The second-order valence-electron chi connectivity index (χ2n) is 6.12. The minimum atomic E-state index is 0.166. The van der Waals surface area contributed by atoms with Gasteiger partial charge in [-0.1, -0.05) is 68.8 Å². The highest BCUT2D eigenvalue weighted by atomic mass is 35.5. The van der Waals surface area contributed by atoms with Crippen molar-refractivity contribution in [1.82, 2.24) is 0 Å². The first-order chi connectivity index (χ1) is 9.88. The number of para-hydroxylation sites is 1. The Morgan fingerprint density at radius 3 is 2.19 bits per heavy atom. The summed E-state index contributed by atoms with van der Waals surface area (Å²) in [6.07, 6.45) is 0. The van der Waals surface area contributed by atoms with Gasteiger partial charge in [0.25, 0.3) is 0 Å². The first-order valence-electron chi connectivity index (χ1n) is 7.03. The van der Waals surface area contributed by atoms with Crippen molar-refractivity contribution in [3.8, 4) is 0 Å². The summed E-state index contributed by atoms with van der Waals surface area (Å²) in [7, 11) is 0. The van der Waals surface area contributed by atoms with Gasteiger partial charge in [-0.3, -0.25) is 5.43 Å². The lowest BCUT2D eigenvalue weighted by atomic mass is 9.86. The molecule has 21 heavy (non-hydrogen) atoms. The molecule has 1 N–H and O–H groups in total. The fraction of sp³-hybridized carbons (Fsp3) is 0.278.